The molecule has 0 amide bonds. The Morgan fingerprint density at radius 1 is 1.09 bits per heavy atom. The van der Waals surface area contributed by atoms with Crippen LogP contribution < -0.4 is 10.5 Å². The van der Waals surface area contributed by atoms with E-state index >= 15 is 0 Å². The number of anilines is 1. The first-order chi connectivity index (χ1) is 10.7. The van der Waals surface area contributed by atoms with Crippen LogP contribution in [0, 0.1) is 11.8 Å². The third-order valence-electron chi connectivity index (χ3n) is 3.31. The number of Topliss-reactive ketones (excluding diaryl/α,β-unsaturated/α-hetero) is 1. The van der Waals surface area contributed by atoms with E-state index in [9.17, 15) is 4.79 Å². The summed E-state index contributed by atoms with van der Waals surface area (Å²) in [4.78, 5) is 14.8. The summed E-state index contributed by atoms with van der Waals surface area (Å²) in [6.07, 6.45) is 0.0615. The molecule has 4 heteroatoms. The molecule has 4 nitrogen and oxygen atoms in total. The lowest BCUT2D eigenvalue weighted by Crippen LogP contribution is -2.35. The Labute approximate surface area is 141 Å². The van der Waals surface area contributed by atoms with Gasteiger partial charge in [-0.2, -0.15) is 0 Å². The normalized spacial score (nSPS) is 11.7. The molecule has 0 aliphatic rings. The van der Waals surface area contributed by atoms with Gasteiger partial charge in [0.15, 0.2) is 5.78 Å². The van der Waals surface area contributed by atoms with E-state index < -0.39 is 0 Å². The van der Waals surface area contributed by atoms with Crippen LogP contribution in [-0.4, -0.2) is 36.4 Å². The average molecular weight is 320 g/mol. The fourth-order valence-corrected chi connectivity index (χ4v) is 2.61. The molecular formula is C19H32N2O2. The van der Waals surface area contributed by atoms with Gasteiger partial charge in [0.25, 0.3) is 0 Å². The number of ether oxygens (including phenoxy) is 1. The molecule has 1 aromatic carbocycles. The zero-order valence-corrected chi connectivity index (χ0v) is 15.4. The lowest BCUT2D eigenvalue weighted by atomic mass is 10.1. The molecule has 0 spiro atoms. The van der Waals surface area contributed by atoms with Crippen molar-refractivity contribution in [2.45, 2.75) is 47.6 Å². The smallest absolute Gasteiger partial charge is 0.176 e. The average Bonchev–Trinajstić information content (AvgIpc) is 2.38. The Morgan fingerprint density at radius 3 is 2.09 bits per heavy atom. The quantitative estimate of drug-likeness (QED) is 0.554. The third kappa shape index (κ3) is 7.04. The van der Waals surface area contributed by atoms with Gasteiger partial charge >= 0.3 is 0 Å². The van der Waals surface area contributed by atoms with Crippen LogP contribution in [-0.2, 0) is 0 Å². The third-order valence-corrected chi connectivity index (χ3v) is 3.31. The molecule has 23 heavy (non-hydrogen) atoms. The van der Waals surface area contributed by atoms with E-state index in [4.69, 9.17) is 10.5 Å². The number of nitrogens with zero attached hydrogens (tertiary/aromatic N) is 1. The topological polar surface area (TPSA) is 55.6 Å². The summed E-state index contributed by atoms with van der Waals surface area (Å²) in [5.74, 6) is 1.81. The minimum Gasteiger partial charge on any atom is -0.489 e. The number of ketones is 1. The predicted octanol–water partition coefficient (Wildman–Crippen LogP) is 3.85. The van der Waals surface area contributed by atoms with Crippen LogP contribution in [0.5, 0.6) is 5.75 Å². The summed E-state index contributed by atoms with van der Waals surface area (Å²) in [5.41, 5.74) is 7.18. The molecule has 0 aliphatic carbocycles. The van der Waals surface area contributed by atoms with Crippen molar-refractivity contribution < 1.29 is 9.53 Å². The van der Waals surface area contributed by atoms with E-state index in [2.05, 4.69) is 32.6 Å². The van der Waals surface area contributed by atoms with Gasteiger partial charge in [0.1, 0.15) is 5.75 Å². The number of nitrogens with two attached hydrogens (primary N) is 1. The van der Waals surface area contributed by atoms with Crippen molar-refractivity contribution in [2.24, 2.45) is 11.8 Å². The van der Waals surface area contributed by atoms with Crippen molar-refractivity contribution in [1.82, 2.24) is 4.90 Å². The molecular weight excluding hydrogens is 288 g/mol. The molecule has 0 atom stereocenters. The summed E-state index contributed by atoms with van der Waals surface area (Å²) >= 11 is 0. The van der Waals surface area contributed by atoms with Gasteiger partial charge in [0.2, 0.25) is 0 Å². The standard InChI is InChI=1S/C19H32N2O2/c1-13(2)10-21(11-14(3)4)12-18(22)16-7-8-19(17(20)9-16)23-15(5)6/h7-9,13-15H,10-12,20H2,1-6H3. The Hall–Kier alpha value is -1.55. The molecule has 0 unspecified atom stereocenters. The number of nitrogen functional groups attached to an aromatic ring is 1. The molecule has 0 saturated carbocycles. The summed E-state index contributed by atoms with van der Waals surface area (Å²) in [6.45, 7) is 14.9. The number of hydrogen-bond acceptors (Lipinski definition) is 4. The first-order valence-corrected chi connectivity index (χ1v) is 8.50. The Kier molecular flexibility index (Phi) is 7.56. The number of benzene rings is 1. The fourth-order valence-electron chi connectivity index (χ4n) is 2.61. The Morgan fingerprint density at radius 2 is 1.65 bits per heavy atom. The van der Waals surface area contributed by atoms with Gasteiger partial charge in [-0.3, -0.25) is 9.69 Å². The largest absolute Gasteiger partial charge is 0.489 e. The molecule has 0 radical (unpaired) electrons. The molecule has 1 rings (SSSR count). The SMILES string of the molecule is CC(C)CN(CC(=O)c1ccc(OC(C)C)c(N)c1)CC(C)C. The van der Waals surface area contributed by atoms with Crippen molar-refractivity contribution in [3.8, 4) is 5.75 Å². The second kappa shape index (κ2) is 8.92. The maximum Gasteiger partial charge on any atom is 0.176 e. The maximum atomic E-state index is 12.6. The van der Waals surface area contributed by atoms with Gasteiger partial charge in [-0.05, 0) is 43.9 Å². The van der Waals surface area contributed by atoms with E-state index in [1.165, 1.54) is 0 Å². The highest BCUT2D eigenvalue weighted by atomic mass is 16.5. The molecule has 130 valence electrons. The first-order valence-electron chi connectivity index (χ1n) is 8.50. The fraction of sp³-hybridized carbons (Fsp3) is 0.632. The van der Waals surface area contributed by atoms with Crippen molar-refractivity contribution in [1.29, 1.82) is 0 Å². The van der Waals surface area contributed by atoms with Gasteiger partial charge in [-0.15, -0.1) is 0 Å². The number of carbonyl (C=O) groups excluding carboxylic acids is 1. The molecule has 1 aromatic rings. The van der Waals surface area contributed by atoms with E-state index in [1.54, 1.807) is 18.2 Å². The Bertz CT molecular complexity index is 500. The van der Waals surface area contributed by atoms with E-state index in [0.29, 0.717) is 35.4 Å². The molecule has 0 saturated heterocycles. The van der Waals surface area contributed by atoms with Gasteiger partial charge in [-0.1, -0.05) is 27.7 Å². The van der Waals surface area contributed by atoms with Crippen LogP contribution >= 0.6 is 0 Å². The molecule has 0 aromatic heterocycles. The van der Waals surface area contributed by atoms with Crippen molar-refractivity contribution >= 4 is 11.5 Å². The summed E-state index contributed by atoms with van der Waals surface area (Å²) in [5, 5.41) is 0. The highest BCUT2D eigenvalue weighted by molar-refractivity contribution is 5.98. The summed E-state index contributed by atoms with van der Waals surface area (Å²) in [7, 11) is 0. The van der Waals surface area contributed by atoms with E-state index in [-0.39, 0.29) is 11.9 Å². The number of rotatable bonds is 9. The summed E-state index contributed by atoms with van der Waals surface area (Å²) < 4.78 is 5.62. The lowest BCUT2D eigenvalue weighted by Gasteiger charge is -2.25. The second-order valence-electron chi connectivity index (χ2n) is 7.32. The minimum atomic E-state index is 0.0615. The van der Waals surface area contributed by atoms with Gasteiger partial charge in [0.05, 0.1) is 18.3 Å². The molecule has 0 fully saturated rings. The maximum absolute atomic E-state index is 12.6. The highest BCUT2D eigenvalue weighted by Crippen LogP contribution is 2.24. The van der Waals surface area contributed by atoms with Crippen LogP contribution in [0.3, 0.4) is 0 Å². The van der Waals surface area contributed by atoms with E-state index in [0.717, 1.165) is 13.1 Å². The molecule has 2 N–H and O–H groups in total. The van der Waals surface area contributed by atoms with Crippen LogP contribution in [0.25, 0.3) is 0 Å². The van der Waals surface area contributed by atoms with Crippen LogP contribution in [0.1, 0.15) is 51.9 Å². The first kappa shape index (κ1) is 19.5. The molecule has 0 heterocycles. The predicted molar refractivity (Wildman–Crippen MR) is 97.1 cm³/mol. The highest BCUT2D eigenvalue weighted by Gasteiger charge is 2.16. The van der Waals surface area contributed by atoms with Crippen molar-refractivity contribution in [2.75, 3.05) is 25.4 Å². The number of hydrogen-bond donors (Lipinski definition) is 1. The van der Waals surface area contributed by atoms with E-state index in [1.807, 2.05) is 13.8 Å². The molecule has 0 aliphatic heterocycles. The molecule has 0 bridgehead atoms. The van der Waals surface area contributed by atoms with Crippen molar-refractivity contribution in [3.63, 3.8) is 0 Å². The van der Waals surface area contributed by atoms with Gasteiger partial charge in [0, 0.05) is 18.7 Å². The second-order valence-corrected chi connectivity index (χ2v) is 7.32. The zero-order valence-electron chi connectivity index (χ0n) is 15.4. The van der Waals surface area contributed by atoms with Gasteiger partial charge < -0.3 is 10.5 Å². The Balaban J connectivity index is 2.80. The minimum absolute atomic E-state index is 0.0615. The monoisotopic (exact) mass is 320 g/mol. The summed E-state index contributed by atoms with van der Waals surface area (Å²) in [6, 6.07) is 5.32. The zero-order chi connectivity index (χ0) is 17.6. The van der Waals surface area contributed by atoms with Gasteiger partial charge in [-0.25, -0.2) is 0 Å². The van der Waals surface area contributed by atoms with Crippen molar-refractivity contribution in [3.05, 3.63) is 23.8 Å². The lowest BCUT2D eigenvalue weighted by molar-refractivity contribution is 0.0912. The van der Waals surface area contributed by atoms with Crippen LogP contribution in [0.4, 0.5) is 5.69 Å². The number of carbonyl (C=O) groups is 1. The van der Waals surface area contributed by atoms with Crippen LogP contribution in [0.15, 0.2) is 18.2 Å². The van der Waals surface area contributed by atoms with Crippen LogP contribution in [0.2, 0.25) is 0 Å².